The fourth-order valence-electron chi connectivity index (χ4n) is 3.86. The number of carbonyl (C=O) groups excluding carboxylic acids is 2. The van der Waals surface area contributed by atoms with Crippen molar-refractivity contribution in [3.63, 3.8) is 0 Å². The van der Waals surface area contributed by atoms with E-state index >= 15 is 0 Å². The molecule has 2 aliphatic rings. The maximum atomic E-state index is 12.3. The summed E-state index contributed by atoms with van der Waals surface area (Å²) in [5.74, 6) is -1.81. The number of carbonyl (C=O) groups is 3. The number of β-lactam (4-membered cyclic amide) rings is 1. The van der Waals surface area contributed by atoms with Crippen LogP contribution in [0.3, 0.4) is 0 Å². The van der Waals surface area contributed by atoms with E-state index in [1.165, 1.54) is 24.2 Å². The van der Waals surface area contributed by atoms with Crippen LogP contribution in [0.1, 0.15) is 18.9 Å². The van der Waals surface area contributed by atoms with E-state index in [0.29, 0.717) is 17.6 Å². The molecule has 2 amide bonds. The minimum Gasteiger partial charge on any atom is -0.477 e. The number of carboxylic acids is 1. The SMILES string of the molecule is C[C@@H](O)[C@H]1C(=O)N2C(C(=O)O)=C(c3cccc(OC(=O)Nc4ccco4)c3)C[C@H]12. The van der Waals surface area contributed by atoms with Crippen LogP contribution in [0.15, 0.2) is 52.8 Å². The van der Waals surface area contributed by atoms with Crippen molar-refractivity contribution >= 4 is 29.4 Å². The molecule has 9 nitrogen and oxygen atoms in total. The standard InChI is InChI=1S/C20H18N2O7/c1-10(23)16-14-9-13(17(19(25)26)22(14)18(16)24)11-4-2-5-12(8-11)29-20(27)21-15-6-3-7-28-15/h2-8,10,14,16,23H,9H2,1H3,(H,21,27)(H,25,26)/t10-,14-,16-/m1/s1. The Bertz CT molecular complexity index is 1010. The lowest BCUT2D eigenvalue weighted by molar-refractivity contribution is -0.161. The molecule has 0 spiro atoms. The lowest BCUT2D eigenvalue weighted by Gasteiger charge is -2.44. The van der Waals surface area contributed by atoms with Crippen molar-refractivity contribution in [2.24, 2.45) is 5.92 Å². The fourth-order valence-corrected chi connectivity index (χ4v) is 3.86. The molecule has 1 aromatic heterocycles. The van der Waals surface area contributed by atoms with Gasteiger partial charge < -0.3 is 24.3 Å². The van der Waals surface area contributed by atoms with Gasteiger partial charge in [-0.3, -0.25) is 10.1 Å². The average molecular weight is 398 g/mol. The van der Waals surface area contributed by atoms with Gasteiger partial charge in [0, 0.05) is 6.07 Å². The molecule has 9 heteroatoms. The van der Waals surface area contributed by atoms with E-state index < -0.39 is 36.0 Å². The Balaban J connectivity index is 1.58. The molecule has 3 N–H and O–H groups in total. The number of fused-ring (bicyclic) bond motifs is 1. The zero-order valence-corrected chi connectivity index (χ0v) is 15.4. The minimum absolute atomic E-state index is 0.103. The molecule has 1 saturated heterocycles. The van der Waals surface area contributed by atoms with Crippen LogP contribution in [0.25, 0.3) is 5.57 Å². The Kier molecular flexibility index (Phi) is 4.59. The summed E-state index contributed by atoms with van der Waals surface area (Å²) in [5.41, 5.74) is 0.877. The molecule has 0 unspecified atom stereocenters. The number of hydrogen-bond acceptors (Lipinski definition) is 6. The van der Waals surface area contributed by atoms with E-state index in [9.17, 15) is 24.6 Å². The van der Waals surface area contributed by atoms with E-state index in [1.54, 1.807) is 30.3 Å². The van der Waals surface area contributed by atoms with E-state index in [2.05, 4.69) is 5.32 Å². The first-order valence-electron chi connectivity index (χ1n) is 8.97. The van der Waals surface area contributed by atoms with Crippen LogP contribution in [0.5, 0.6) is 5.75 Å². The summed E-state index contributed by atoms with van der Waals surface area (Å²) < 4.78 is 10.2. The molecule has 2 aliphatic heterocycles. The summed E-state index contributed by atoms with van der Waals surface area (Å²) in [6.07, 6.45) is 0.0781. The highest BCUT2D eigenvalue weighted by Gasteiger charge is 2.56. The van der Waals surface area contributed by atoms with Gasteiger partial charge in [-0.2, -0.15) is 0 Å². The highest BCUT2D eigenvalue weighted by molar-refractivity contribution is 6.06. The molecule has 0 bridgehead atoms. The van der Waals surface area contributed by atoms with Crippen molar-refractivity contribution in [3.05, 3.63) is 53.9 Å². The number of aliphatic hydroxyl groups excluding tert-OH is 1. The summed E-state index contributed by atoms with van der Waals surface area (Å²) in [5, 5.41) is 21.9. The Labute approximate surface area is 165 Å². The van der Waals surface area contributed by atoms with Crippen molar-refractivity contribution in [2.75, 3.05) is 5.32 Å². The third kappa shape index (κ3) is 3.25. The number of nitrogens with one attached hydrogen (secondary N) is 1. The normalized spacial score (nSPS) is 21.4. The van der Waals surface area contributed by atoms with Crippen LogP contribution >= 0.6 is 0 Å². The number of anilines is 1. The van der Waals surface area contributed by atoms with Crippen LogP contribution in [0, 0.1) is 5.92 Å². The van der Waals surface area contributed by atoms with E-state index in [1.807, 2.05) is 0 Å². The van der Waals surface area contributed by atoms with Gasteiger partial charge in [0.1, 0.15) is 11.4 Å². The van der Waals surface area contributed by atoms with Gasteiger partial charge in [-0.05, 0) is 42.7 Å². The predicted molar refractivity (Wildman–Crippen MR) is 99.8 cm³/mol. The highest BCUT2D eigenvalue weighted by Crippen LogP contribution is 2.47. The molecule has 3 heterocycles. The van der Waals surface area contributed by atoms with Crippen LogP contribution in [-0.2, 0) is 9.59 Å². The second-order valence-electron chi connectivity index (χ2n) is 6.90. The quantitative estimate of drug-likeness (QED) is 0.659. The number of aliphatic carboxylic acids is 1. The maximum Gasteiger partial charge on any atom is 0.419 e. The zero-order chi connectivity index (χ0) is 20.7. The number of carboxylic acid groups (broad SMARTS) is 1. The van der Waals surface area contributed by atoms with Gasteiger partial charge in [0.2, 0.25) is 11.8 Å². The van der Waals surface area contributed by atoms with Crippen molar-refractivity contribution in [1.29, 1.82) is 0 Å². The molecule has 3 atom stereocenters. The van der Waals surface area contributed by atoms with Gasteiger partial charge in [0.15, 0.2) is 0 Å². The molecule has 1 fully saturated rings. The Morgan fingerprint density at radius 3 is 2.76 bits per heavy atom. The van der Waals surface area contributed by atoms with E-state index in [0.717, 1.165) is 0 Å². The summed E-state index contributed by atoms with van der Waals surface area (Å²) in [4.78, 5) is 37.3. The zero-order valence-electron chi connectivity index (χ0n) is 15.4. The van der Waals surface area contributed by atoms with E-state index in [-0.39, 0.29) is 17.3 Å². The maximum absolute atomic E-state index is 12.3. The number of benzene rings is 1. The molecule has 4 rings (SSSR count). The predicted octanol–water partition coefficient (Wildman–Crippen LogP) is 2.30. The molecule has 29 heavy (non-hydrogen) atoms. The van der Waals surface area contributed by atoms with Crippen molar-refractivity contribution in [2.45, 2.75) is 25.5 Å². The third-order valence-corrected chi connectivity index (χ3v) is 5.07. The molecular weight excluding hydrogens is 380 g/mol. The smallest absolute Gasteiger partial charge is 0.419 e. The molecule has 150 valence electrons. The summed E-state index contributed by atoms with van der Waals surface area (Å²) in [7, 11) is 0. The van der Waals surface area contributed by atoms with Gasteiger partial charge in [0.25, 0.3) is 0 Å². The summed E-state index contributed by atoms with van der Waals surface area (Å²) >= 11 is 0. The number of nitrogens with zero attached hydrogens (tertiary/aromatic N) is 1. The first-order valence-corrected chi connectivity index (χ1v) is 8.97. The molecular formula is C20H18N2O7. The van der Waals surface area contributed by atoms with Gasteiger partial charge in [0.05, 0.1) is 24.3 Å². The summed E-state index contributed by atoms with van der Waals surface area (Å²) in [6, 6.07) is 9.18. The number of hydrogen-bond donors (Lipinski definition) is 3. The third-order valence-electron chi connectivity index (χ3n) is 5.07. The number of rotatable bonds is 5. The minimum atomic E-state index is -1.22. The van der Waals surface area contributed by atoms with Crippen LogP contribution < -0.4 is 10.1 Å². The molecule has 0 saturated carbocycles. The van der Waals surface area contributed by atoms with Crippen molar-refractivity contribution in [1.82, 2.24) is 4.90 Å². The molecule has 0 aliphatic carbocycles. The summed E-state index contributed by atoms with van der Waals surface area (Å²) in [6.45, 7) is 1.52. The van der Waals surface area contributed by atoms with Gasteiger partial charge in [-0.15, -0.1) is 0 Å². The largest absolute Gasteiger partial charge is 0.477 e. The Hall–Kier alpha value is -3.59. The average Bonchev–Trinajstić information content (AvgIpc) is 3.27. The lowest BCUT2D eigenvalue weighted by atomic mass is 9.82. The topological polar surface area (TPSA) is 129 Å². The van der Waals surface area contributed by atoms with Crippen molar-refractivity contribution < 1.29 is 33.8 Å². The van der Waals surface area contributed by atoms with Crippen LogP contribution in [-0.4, -0.2) is 45.2 Å². The van der Waals surface area contributed by atoms with E-state index in [4.69, 9.17) is 9.15 Å². The highest BCUT2D eigenvalue weighted by atomic mass is 16.6. The molecule has 0 radical (unpaired) electrons. The molecule has 1 aromatic carbocycles. The van der Waals surface area contributed by atoms with Gasteiger partial charge >= 0.3 is 12.1 Å². The first-order chi connectivity index (χ1) is 13.9. The van der Waals surface area contributed by atoms with Crippen LogP contribution in [0.2, 0.25) is 0 Å². The molecule has 2 aromatic rings. The van der Waals surface area contributed by atoms with Crippen LogP contribution in [0.4, 0.5) is 10.7 Å². The number of aliphatic hydroxyl groups is 1. The fraction of sp³-hybridized carbons (Fsp3) is 0.250. The monoisotopic (exact) mass is 398 g/mol. The second-order valence-corrected chi connectivity index (χ2v) is 6.90. The number of ether oxygens (including phenoxy) is 1. The number of furan rings is 1. The van der Waals surface area contributed by atoms with Gasteiger partial charge in [-0.25, -0.2) is 9.59 Å². The second kappa shape index (κ2) is 7.10. The van der Waals surface area contributed by atoms with Gasteiger partial charge in [-0.1, -0.05) is 12.1 Å². The van der Waals surface area contributed by atoms with Crippen molar-refractivity contribution in [3.8, 4) is 5.75 Å². The lowest BCUT2D eigenvalue weighted by Crippen LogP contribution is -2.61. The number of amides is 2. The Morgan fingerprint density at radius 1 is 1.31 bits per heavy atom. The first kappa shape index (κ1) is 18.8. The Morgan fingerprint density at radius 2 is 2.10 bits per heavy atom.